The minimum absolute atomic E-state index is 0.0118. The summed E-state index contributed by atoms with van der Waals surface area (Å²) in [5.74, 6) is -0.156. The molecule has 1 aromatic heterocycles. The van der Waals surface area contributed by atoms with Gasteiger partial charge >= 0.3 is 5.97 Å². The number of rotatable bonds is 5. The molecule has 1 aromatic rings. The molecule has 1 saturated heterocycles. The number of epoxide rings is 1. The third kappa shape index (κ3) is 2.61. The number of carbonyl (C=O) groups excluding carboxylic acids is 2. The highest BCUT2D eigenvalue weighted by molar-refractivity contribution is 5.96. The lowest BCUT2D eigenvalue weighted by Gasteiger charge is -2.61. The number of Topliss-reactive ketones (excluding diaryl/α,β-unsaturated/α-hetero) is 1. The van der Waals surface area contributed by atoms with Crippen LogP contribution in [0.1, 0.15) is 63.7 Å². The Morgan fingerprint density at radius 1 is 1.32 bits per heavy atom. The van der Waals surface area contributed by atoms with Crippen molar-refractivity contribution >= 4 is 11.8 Å². The maximum atomic E-state index is 13.0. The number of hydrogen-bond acceptors (Lipinski definition) is 6. The fraction of sp³-hybridized carbons (Fsp3) is 0.727. The normalized spacial score (nSPS) is 44.3. The van der Waals surface area contributed by atoms with E-state index in [0.717, 1.165) is 12.8 Å². The van der Waals surface area contributed by atoms with E-state index in [1.807, 2.05) is 6.92 Å². The van der Waals surface area contributed by atoms with E-state index in [2.05, 4.69) is 13.8 Å². The number of hydrogen-bond donors (Lipinski definition) is 1. The van der Waals surface area contributed by atoms with Crippen molar-refractivity contribution in [1.29, 1.82) is 0 Å². The van der Waals surface area contributed by atoms with E-state index in [1.165, 1.54) is 19.5 Å². The Kier molecular flexibility index (Phi) is 4.51. The monoisotopic (exact) mass is 390 g/mol. The molecule has 3 fully saturated rings. The fourth-order valence-electron chi connectivity index (χ4n) is 6.30. The van der Waals surface area contributed by atoms with Gasteiger partial charge in [0.25, 0.3) is 0 Å². The number of furan rings is 1. The third-order valence-electron chi connectivity index (χ3n) is 8.20. The Bertz CT molecular complexity index is 772. The largest absolute Gasteiger partial charge is 0.472 e. The molecular weight excluding hydrogens is 360 g/mol. The molecule has 2 aliphatic carbocycles. The van der Waals surface area contributed by atoms with Crippen LogP contribution in [0.3, 0.4) is 0 Å². The summed E-state index contributed by atoms with van der Waals surface area (Å²) in [5, 5.41) is 11.3. The molecule has 0 spiro atoms. The second kappa shape index (κ2) is 6.42. The SMILES string of the molecule is CC(=O)OC[C@@]12[C@@H](O)C[C@H](C)[C@@](C)(CC(=O)c3ccoc3)[C@@H]1CC[C@H]1O[C@]12C. The van der Waals surface area contributed by atoms with Gasteiger partial charge in [-0.3, -0.25) is 9.59 Å². The highest BCUT2D eigenvalue weighted by Crippen LogP contribution is 2.70. The number of aliphatic hydroxyl groups is 1. The fourth-order valence-corrected chi connectivity index (χ4v) is 6.30. The second-order valence-corrected chi connectivity index (χ2v) is 9.43. The first-order valence-corrected chi connectivity index (χ1v) is 10.2. The van der Waals surface area contributed by atoms with Crippen LogP contribution in [0, 0.1) is 22.7 Å². The average Bonchev–Trinajstić information content (AvgIpc) is 3.05. The first-order chi connectivity index (χ1) is 13.1. The zero-order valence-corrected chi connectivity index (χ0v) is 17.1. The second-order valence-electron chi connectivity index (χ2n) is 9.43. The topological polar surface area (TPSA) is 89.3 Å². The zero-order valence-electron chi connectivity index (χ0n) is 17.1. The molecule has 4 rings (SSSR count). The molecule has 3 aliphatic rings. The Balaban J connectivity index is 1.73. The lowest BCUT2D eigenvalue weighted by molar-refractivity contribution is -0.205. The maximum Gasteiger partial charge on any atom is 0.302 e. The first kappa shape index (κ1) is 19.6. The van der Waals surface area contributed by atoms with Crippen LogP contribution in [0.5, 0.6) is 0 Å². The number of esters is 1. The highest BCUT2D eigenvalue weighted by atomic mass is 16.6. The lowest BCUT2D eigenvalue weighted by Crippen LogP contribution is -2.66. The van der Waals surface area contributed by atoms with E-state index in [1.54, 1.807) is 6.07 Å². The van der Waals surface area contributed by atoms with Crippen LogP contribution in [0.15, 0.2) is 23.0 Å². The Morgan fingerprint density at radius 3 is 2.71 bits per heavy atom. The Labute approximate surface area is 165 Å². The van der Waals surface area contributed by atoms with Gasteiger partial charge in [-0.05, 0) is 49.5 Å². The minimum Gasteiger partial charge on any atom is -0.472 e. The molecule has 2 heterocycles. The summed E-state index contributed by atoms with van der Waals surface area (Å²) < 4.78 is 16.7. The van der Waals surface area contributed by atoms with Crippen LogP contribution in [-0.4, -0.2) is 41.3 Å². The van der Waals surface area contributed by atoms with Gasteiger partial charge in [-0.1, -0.05) is 13.8 Å². The van der Waals surface area contributed by atoms with Gasteiger partial charge in [0.15, 0.2) is 5.78 Å². The van der Waals surface area contributed by atoms with E-state index in [-0.39, 0.29) is 41.7 Å². The number of ketones is 1. The van der Waals surface area contributed by atoms with Crippen molar-refractivity contribution in [3.05, 3.63) is 24.2 Å². The Morgan fingerprint density at radius 2 is 2.07 bits per heavy atom. The highest BCUT2D eigenvalue weighted by Gasteiger charge is 2.77. The van der Waals surface area contributed by atoms with E-state index >= 15 is 0 Å². The molecule has 0 bridgehead atoms. The van der Waals surface area contributed by atoms with Crippen LogP contribution in [0.2, 0.25) is 0 Å². The summed E-state index contributed by atoms with van der Waals surface area (Å²) in [6.45, 7) is 7.82. The molecule has 0 radical (unpaired) electrons. The van der Waals surface area contributed by atoms with Crippen LogP contribution in [-0.2, 0) is 14.3 Å². The van der Waals surface area contributed by atoms with E-state index in [9.17, 15) is 14.7 Å². The standard InChI is InChI=1S/C22H30O6/c1-13-9-18(25)22(12-27-14(2)23)17(5-6-19-21(22,4)28-19)20(13,3)10-16(24)15-7-8-26-11-15/h7-8,11,13,17-19,25H,5-6,9-10,12H2,1-4H3/t13-,17-,18-,19+,20+,21+,22-/m0/s1. The van der Waals surface area contributed by atoms with Crippen molar-refractivity contribution in [3.8, 4) is 0 Å². The number of ether oxygens (including phenoxy) is 2. The Hall–Kier alpha value is -1.66. The van der Waals surface area contributed by atoms with Crippen LogP contribution < -0.4 is 0 Å². The van der Waals surface area contributed by atoms with Crippen LogP contribution in [0.25, 0.3) is 0 Å². The van der Waals surface area contributed by atoms with Gasteiger partial charge in [0.2, 0.25) is 0 Å². The van der Waals surface area contributed by atoms with Crippen molar-refractivity contribution in [1.82, 2.24) is 0 Å². The van der Waals surface area contributed by atoms with E-state index in [0.29, 0.717) is 18.4 Å². The molecule has 1 aliphatic heterocycles. The molecule has 0 aromatic carbocycles. The smallest absolute Gasteiger partial charge is 0.302 e. The molecule has 154 valence electrons. The van der Waals surface area contributed by atoms with Crippen molar-refractivity contribution in [3.63, 3.8) is 0 Å². The summed E-state index contributed by atoms with van der Waals surface area (Å²) in [7, 11) is 0. The summed E-state index contributed by atoms with van der Waals surface area (Å²) in [6.07, 6.45) is 5.11. The van der Waals surface area contributed by atoms with Crippen molar-refractivity contribution in [2.75, 3.05) is 6.61 Å². The maximum absolute atomic E-state index is 13.0. The van der Waals surface area contributed by atoms with Gasteiger partial charge in [0.1, 0.15) is 18.5 Å². The summed E-state index contributed by atoms with van der Waals surface area (Å²) in [5.41, 5.74) is -0.981. The van der Waals surface area contributed by atoms with Crippen LogP contribution in [0.4, 0.5) is 0 Å². The minimum atomic E-state index is -0.695. The predicted octanol–water partition coefficient (Wildman–Crippen LogP) is 3.38. The molecule has 28 heavy (non-hydrogen) atoms. The average molecular weight is 390 g/mol. The van der Waals surface area contributed by atoms with Gasteiger partial charge in [-0.2, -0.15) is 0 Å². The molecule has 6 nitrogen and oxygen atoms in total. The van der Waals surface area contributed by atoms with Crippen LogP contribution >= 0.6 is 0 Å². The predicted molar refractivity (Wildman–Crippen MR) is 101 cm³/mol. The summed E-state index contributed by atoms with van der Waals surface area (Å²) in [4.78, 5) is 24.6. The lowest BCUT2D eigenvalue weighted by atomic mass is 9.43. The quantitative estimate of drug-likeness (QED) is 0.471. The van der Waals surface area contributed by atoms with Crippen molar-refractivity contribution in [2.24, 2.45) is 22.7 Å². The molecule has 0 unspecified atom stereocenters. The van der Waals surface area contributed by atoms with Gasteiger partial charge in [-0.15, -0.1) is 0 Å². The first-order valence-electron chi connectivity index (χ1n) is 10.2. The van der Waals surface area contributed by atoms with Gasteiger partial charge < -0.3 is 19.0 Å². The zero-order chi connectivity index (χ0) is 20.3. The van der Waals surface area contributed by atoms with E-state index in [4.69, 9.17) is 13.9 Å². The molecule has 7 atom stereocenters. The van der Waals surface area contributed by atoms with Gasteiger partial charge in [0.05, 0.1) is 29.4 Å². The summed E-state index contributed by atoms with van der Waals surface area (Å²) >= 11 is 0. The number of fused-ring (bicyclic) bond motifs is 3. The molecular formula is C22H30O6. The summed E-state index contributed by atoms with van der Waals surface area (Å²) in [6, 6.07) is 1.70. The molecule has 2 saturated carbocycles. The van der Waals surface area contributed by atoms with Gasteiger partial charge in [-0.25, -0.2) is 0 Å². The third-order valence-corrected chi connectivity index (χ3v) is 8.20. The molecule has 0 amide bonds. The number of carbonyl (C=O) groups is 2. The molecule has 6 heteroatoms. The van der Waals surface area contributed by atoms with Crippen molar-refractivity contribution < 1.29 is 28.6 Å². The number of aliphatic hydroxyl groups excluding tert-OH is 1. The molecule has 1 N–H and O–H groups in total. The van der Waals surface area contributed by atoms with Crippen molar-refractivity contribution in [2.45, 2.75) is 71.2 Å². The van der Waals surface area contributed by atoms with E-state index < -0.39 is 17.1 Å². The van der Waals surface area contributed by atoms with Gasteiger partial charge in [0, 0.05) is 13.3 Å².